The molecule has 0 saturated heterocycles. The average molecular weight is 325 g/mol. The molecule has 1 aromatic rings. The second-order valence-electron chi connectivity index (χ2n) is 4.33. The van der Waals surface area contributed by atoms with Gasteiger partial charge in [-0.05, 0) is 24.6 Å². The number of carboxylic acid groups (broad SMARTS) is 1. The van der Waals surface area contributed by atoms with E-state index in [4.69, 9.17) is 5.11 Å². The third kappa shape index (κ3) is 4.71. The van der Waals surface area contributed by atoms with Crippen LogP contribution in [0.1, 0.15) is 25.3 Å². The Hall–Kier alpha value is -1.61. The molecule has 2 N–H and O–H groups in total. The van der Waals surface area contributed by atoms with Gasteiger partial charge in [0.1, 0.15) is 6.04 Å². The van der Waals surface area contributed by atoms with Crippen LogP contribution in [0.2, 0.25) is 0 Å². The van der Waals surface area contributed by atoms with Gasteiger partial charge in [-0.25, -0.2) is 8.42 Å². The number of benzene rings is 1. The molecule has 0 aliphatic rings. The number of alkyl halides is 3. The van der Waals surface area contributed by atoms with Gasteiger partial charge in [0.25, 0.3) is 0 Å². The lowest BCUT2D eigenvalue weighted by Gasteiger charge is -2.15. The number of carbonyl (C=O) groups is 1. The molecule has 0 fully saturated rings. The van der Waals surface area contributed by atoms with Gasteiger partial charge in [-0.1, -0.05) is 19.4 Å². The highest BCUT2D eigenvalue weighted by Crippen LogP contribution is 2.30. The Morgan fingerprint density at radius 3 is 2.48 bits per heavy atom. The predicted molar refractivity (Wildman–Crippen MR) is 68.1 cm³/mol. The molecule has 1 aromatic carbocycles. The molecule has 1 atom stereocenters. The van der Waals surface area contributed by atoms with Gasteiger partial charge in [-0.2, -0.15) is 17.9 Å². The summed E-state index contributed by atoms with van der Waals surface area (Å²) in [6.07, 6.45) is -4.24. The molecular formula is C12H14F3NO4S. The van der Waals surface area contributed by atoms with Crippen molar-refractivity contribution in [1.29, 1.82) is 0 Å². The van der Waals surface area contributed by atoms with E-state index in [2.05, 4.69) is 0 Å². The van der Waals surface area contributed by atoms with Crippen molar-refractivity contribution in [2.75, 3.05) is 0 Å². The van der Waals surface area contributed by atoms with Crippen LogP contribution < -0.4 is 4.72 Å². The average Bonchev–Trinajstić information content (AvgIpc) is 2.37. The van der Waals surface area contributed by atoms with Crippen LogP contribution in [0.5, 0.6) is 0 Å². The van der Waals surface area contributed by atoms with E-state index in [9.17, 15) is 26.4 Å². The van der Waals surface area contributed by atoms with E-state index in [0.717, 1.165) is 18.2 Å². The van der Waals surface area contributed by atoms with Crippen molar-refractivity contribution >= 4 is 16.0 Å². The van der Waals surface area contributed by atoms with E-state index in [1.165, 1.54) is 0 Å². The molecule has 0 aromatic heterocycles. The normalized spacial score (nSPS) is 13.9. The molecule has 0 heterocycles. The monoisotopic (exact) mass is 325 g/mol. The number of aliphatic carboxylic acids is 1. The summed E-state index contributed by atoms with van der Waals surface area (Å²) in [6, 6.07) is 1.75. The molecule has 5 nitrogen and oxygen atoms in total. The van der Waals surface area contributed by atoms with Crippen LogP contribution in [0.15, 0.2) is 29.2 Å². The zero-order chi connectivity index (χ0) is 16.3. The maximum atomic E-state index is 12.6. The minimum absolute atomic E-state index is 0.0352. The Kier molecular flexibility index (Phi) is 5.35. The Balaban J connectivity index is 3.11. The summed E-state index contributed by atoms with van der Waals surface area (Å²) >= 11 is 0. The fourth-order valence-electron chi connectivity index (χ4n) is 1.62. The van der Waals surface area contributed by atoms with E-state index in [-0.39, 0.29) is 6.42 Å². The lowest BCUT2D eigenvalue weighted by Crippen LogP contribution is -2.40. The standard InChI is InChI=1S/C12H14F3NO4S/c1-2-4-10(11(17)18)16-21(19,20)9-6-3-5-8(7-9)12(13,14)15/h3,5-7,10,16H,2,4H2,1H3,(H,17,18)/t10-/m1/s1. The molecule has 21 heavy (non-hydrogen) atoms. The number of nitrogens with one attached hydrogen (secondary N) is 1. The van der Waals surface area contributed by atoms with Crippen LogP contribution in [0.4, 0.5) is 13.2 Å². The molecule has 0 amide bonds. The first kappa shape index (κ1) is 17.4. The number of rotatable bonds is 6. The fraction of sp³-hybridized carbons (Fsp3) is 0.417. The SMILES string of the molecule is CCC[C@@H](NS(=O)(=O)c1cccc(C(F)(F)F)c1)C(=O)O. The fourth-order valence-corrected chi connectivity index (χ4v) is 2.89. The van der Waals surface area contributed by atoms with Gasteiger partial charge in [0.15, 0.2) is 0 Å². The lowest BCUT2D eigenvalue weighted by molar-refractivity contribution is -0.139. The van der Waals surface area contributed by atoms with E-state index in [0.29, 0.717) is 12.5 Å². The van der Waals surface area contributed by atoms with Crippen LogP contribution in [0.3, 0.4) is 0 Å². The van der Waals surface area contributed by atoms with E-state index in [1.807, 2.05) is 4.72 Å². The van der Waals surface area contributed by atoms with Crippen molar-refractivity contribution in [3.8, 4) is 0 Å². The highest BCUT2D eigenvalue weighted by molar-refractivity contribution is 7.89. The minimum atomic E-state index is -4.68. The molecule has 118 valence electrons. The Morgan fingerprint density at radius 1 is 1.38 bits per heavy atom. The van der Waals surface area contributed by atoms with Crippen LogP contribution >= 0.6 is 0 Å². The molecule has 9 heteroatoms. The van der Waals surface area contributed by atoms with Crippen molar-refractivity contribution in [2.45, 2.75) is 36.9 Å². The molecule has 0 aliphatic carbocycles. The van der Waals surface area contributed by atoms with Gasteiger partial charge < -0.3 is 5.11 Å². The Morgan fingerprint density at radius 2 is 2.00 bits per heavy atom. The van der Waals surface area contributed by atoms with Gasteiger partial charge in [-0.15, -0.1) is 0 Å². The first-order valence-electron chi connectivity index (χ1n) is 6.00. The molecule has 0 bridgehead atoms. The number of carboxylic acids is 1. The molecule has 1 rings (SSSR count). The molecular weight excluding hydrogens is 311 g/mol. The van der Waals surface area contributed by atoms with E-state index in [1.54, 1.807) is 6.92 Å². The van der Waals surface area contributed by atoms with Gasteiger partial charge in [0.2, 0.25) is 10.0 Å². The second kappa shape index (κ2) is 6.44. The van der Waals surface area contributed by atoms with Gasteiger partial charge in [0.05, 0.1) is 10.5 Å². The first-order valence-corrected chi connectivity index (χ1v) is 7.48. The highest BCUT2D eigenvalue weighted by Gasteiger charge is 2.32. The molecule has 0 radical (unpaired) electrons. The van der Waals surface area contributed by atoms with Crippen LogP contribution in [-0.4, -0.2) is 25.5 Å². The quantitative estimate of drug-likeness (QED) is 0.840. The van der Waals surface area contributed by atoms with Gasteiger partial charge in [0, 0.05) is 0 Å². The third-order valence-corrected chi connectivity index (χ3v) is 4.11. The smallest absolute Gasteiger partial charge is 0.416 e. The molecule has 0 spiro atoms. The zero-order valence-corrected chi connectivity index (χ0v) is 11.8. The summed E-state index contributed by atoms with van der Waals surface area (Å²) in [5, 5.41) is 8.89. The lowest BCUT2D eigenvalue weighted by atomic mass is 10.2. The second-order valence-corrected chi connectivity index (χ2v) is 6.04. The molecule has 0 saturated carbocycles. The van der Waals surface area contributed by atoms with E-state index >= 15 is 0 Å². The maximum Gasteiger partial charge on any atom is 0.416 e. The van der Waals surface area contributed by atoms with Crippen LogP contribution in [0.25, 0.3) is 0 Å². The van der Waals surface area contributed by atoms with Gasteiger partial charge in [-0.3, -0.25) is 4.79 Å². The van der Waals surface area contributed by atoms with Crippen LogP contribution in [-0.2, 0) is 21.0 Å². The summed E-state index contributed by atoms with van der Waals surface area (Å²) in [5.41, 5.74) is -1.12. The maximum absolute atomic E-state index is 12.6. The predicted octanol–water partition coefficient (Wildman–Crippen LogP) is 2.24. The highest BCUT2D eigenvalue weighted by atomic mass is 32.2. The topological polar surface area (TPSA) is 83.5 Å². The van der Waals surface area contributed by atoms with Crippen molar-refractivity contribution < 1.29 is 31.5 Å². The summed E-state index contributed by atoms with van der Waals surface area (Å²) in [4.78, 5) is 10.3. The number of halogens is 3. The third-order valence-electron chi connectivity index (χ3n) is 2.64. The summed E-state index contributed by atoms with van der Waals surface area (Å²) in [6.45, 7) is 1.66. The molecule has 0 unspecified atom stereocenters. The van der Waals surface area contributed by atoms with Crippen LogP contribution in [0, 0.1) is 0 Å². The minimum Gasteiger partial charge on any atom is -0.480 e. The van der Waals surface area contributed by atoms with Crippen molar-refractivity contribution in [3.05, 3.63) is 29.8 Å². The number of hydrogen-bond acceptors (Lipinski definition) is 3. The summed E-state index contributed by atoms with van der Waals surface area (Å²) in [5.74, 6) is -1.38. The zero-order valence-electron chi connectivity index (χ0n) is 11.0. The van der Waals surface area contributed by atoms with Crippen molar-refractivity contribution in [1.82, 2.24) is 4.72 Å². The Bertz CT molecular complexity index is 613. The summed E-state index contributed by atoms with van der Waals surface area (Å²) < 4.78 is 63.5. The Labute approximate surface area is 119 Å². The van der Waals surface area contributed by atoms with Crippen molar-refractivity contribution in [2.24, 2.45) is 0 Å². The largest absolute Gasteiger partial charge is 0.480 e. The van der Waals surface area contributed by atoms with Gasteiger partial charge >= 0.3 is 12.1 Å². The van der Waals surface area contributed by atoms with E-state index < -0.39 is 38.7 Å². The first-order chi connectivity index (χ1) is 9.58. The number of hydrogen-bond donors (Lipinski definition) is 2. The molecule has 0 aliphatic heterocycles. The van der Waals surface area contributed by atoms with Crippen molar-refractivity contribution in [3.63, 3.8) is 0 Å². The number of sulfonamides is 1. The summed E-state index contributed by atoms with van der Waals surface area (Å²) in [7, 11) is -4.34.